The van der Waals surface area contributed by atoms with Crippen LogP contribution in [0.1, 0.15) is 42.0 Å². The third kappa shape index (κ3) is 3.33. The predicted molar refractivity (Wildman–Crippen MR) is 135 cm³/mol. The molecule has 0 unspecified atom stereocenters. The molecular weight excluding hydrogens is 439 g/mol. The molecule has 0 fully saturated rings. The van der Waals surface area contributed by atoms with E-state index >= 15 is 0 Å². The Kier molecular flexibility index (Phi) is 5.41. The van der Waals surface area contributed by atoms with Crippen molar-refractivity contribution < 1.29 is 5.11 Å². The number of halogens is 2. The van der Waals surface area contributed by atoms with Gasteiger partial charge in [-0.2, -0.15) is 0 Å². The molecule has 3 aromatic carbocycles. The SMILES string of the molecule is CC[Si](CC)=C1Cc2ccccc2C(C2c3ccc(Cl)cc3-c3cc(Cl)ccc32)=C1O. The first kappa shape index (κ1) is 20.8. The lowest BCUT2D eigenvalue weighted by Gasteiger charge is -2.29. The van der Waals surface area contributed by atoms with Gasteiger partial charge >= 0.3 is 0 Å². The van der Waals surface area contributed by atoms with E-state index in [-0.39, 0.29) is 5.92 Å². The fourth-order valence-electron chi connectivity index (χ4n) is 5.27. The number of hydrogen-bond acceptors (Lipinski definition) is 1. The van der Waals surface area contributed by atoms with Gasteiger partial charge in [0, 0.05) is 29.9 Å². The van der Waals surface area contributed by atoms with Gasteiger partial charge in [-0.3, -0.25) is 0 Å². The van der Waals surface area contributed by atoms with Gasteiger partial charge in [0.15, 0.2) is 0 Å². The molecular formula is C27H24Cl2OSi. The summed E-state index contributed by atoms with van der Waals surface area (Å²) in [5.74, 6) is 0.484. The third-order valence-corrected chi connectivity index (χ3v) is 10.2. The number of fused-ring (bicyclic) bond motifs is 4. The number of benzene rings is 3. The van der Waals surface area contributed by atoms with Crippen LogP contribution in [0, 0.1) is 0 Å². The molecule has 0 heterocycles. The normalized spacial score (nSPS) is 15.0. The maximum Gasteiger partial charge on any atom is 0.119 e. The molecule has 0 aromatic heterocycles. The van der Waals surface area contributed by atoms with Crippen molar-refractivity contribution >= 4 is 42.4 Å². The van der Waals surface area contributed by atoms with Gasteiger partial charge < -0.3 is 5.11 Å². The maximum absolute atomic E-state index is 11.7. The second kappa shape index (κ2) is 8.09. The Morgan fingerprint density at radius 3 is 2.00 bits per heavy atom. The van der Waals surface area contributed by atoms with Gasteiger partial charge in [-0.1, -0.05) is 73.4 Å². The van der Waals surface area contributed by atoms with Crippen molar-refractivity contribution in [2.45, 2.75) is 38.3 Å². The molecule has 1 nitrogen and oxygen atoms in total. The number of hydrogen-bond donors (Lipinski definition) is 1. The highest BCUT2D eigenvalue weighted by molar-refractivity contribution is 6.74. The van der Waals surface area contributed by atoms with Crippen LogP contribution in [0.5, 0.6) is 0 Å². The van der Waals surface area contributed by atoms with Crippen molar-refractivity contribution in [3.63, 3.8) is 0 Å². The Bertz CT molecular complexity index is 1210. The average Bonchev–Trinajstić information content (AvgIpc) is 3.07. The molecule has 0 aliphatic heterocycles. The minimum atomic E-state index is -0.776. The van der Waals surface area contributed by atoms with E-state index in [9.17, 15) is 5.11 Å². The summed E-state index contributed by atoms with van der Waals surface area (Å²) in [6.07, 6.45) is 0.856. The molecule has 0 saturated carbocycles. The third-order valence-electron chi connectivity index (χ3n) is 6.73. The van der Waals surface area contributed by atoms with E-state index in [1.54, 1.807) is 0 Å². The predicted octanol–water partition coefficient (Wildman–Crippen LogP) is 7.92. The Hall–Kier alpha value is -2.13. The Morgan fingerprint density at radius 1 is 0.839 bits per heavy atom. The largest absolute Gasteiger partial charge is 0.508 e. The highest BCUT2D eigenvalue weighted by atomic mass is 35.5. The molecule has 0 saturated heterocycles. The molecule has 3 aromatic rings. The topological polar surface area (TPSA) is 20.2 Å². The lowest BCUT2D eigenvalue weighted by molar-refractivity contribution is 0.442. The fourth-order valence-corrected chi connectivity index (χ4v) is 7.88. The van der Waals surface area contributed by atoms with Crippen molar-refractivity contribution in [3.05, 3.63) is 98.7 Å². The van der Waals surface area contributed by atoms with Crippen LogP contribution in [0.3, 0.4) is 0 Å². The molecule has 31 heavy (non-hydrogen) atoms. The Labute approximate surface area is 195 Å². The minimum absolute atomic E-state index is 0.0343. The quantitative estimate of drug-likeness (QED) is 0.391. The first-order valence-electron chi connectivity index (χ1n) is 10.8. The van der Waals surface area contributed by atoms with Crippen molar-refractivity contribution in [2.75, 3.05) is 0 Å². The second-order valence-corrected chi connectivity index (χ2v) is 12.4. The summed E-state index contributed by atoms with van der Waals surface area (Å²) in [5.41, 5.74) is 8.08. The first-order valence-corrected chi connectivity index (χ1v) is 13.5. The smallest absolute Gasteiger partial charge is 0.119 e. The highest BCUT2D eigenvalue weighted by Crippen LogP contribution is 2.53. The van der Waals surface area contributed by atoms with Crippen molar-refractivity contribution in [1.29, 1.82) is 0 Å². The summed E-state index contributed by atoms with van der Waals surface area (Å²) in [4.78, 5) is 0. The summed E-state index contributed by atoms with van der Waals surface area (Å²) < 4.78 is 0. The summed E-state index contributed by atoms with van der Waals surface area (Å²) in [7, 11) is -0.776. The number of rotatable bonds is 3. The summed E-state index contributed by atoms with van der Waals surface area (Å²) in [5, 5.41) is 14.4. The molecule has 4 heteroatoms. The van der Waals surface area contributed by atoms with Crippen LogP contribution in [-0.2, 0) is 6.42 Å². The zero-order valence-corrected chi connectivity index (χ0v) is 20.2. The summed E-state index contributed by atoms with van der Waals surface area (Å²) >= 11 is 12.8. The van der Waals surface area contributed by atoms with Crippen LogP contribution in [0.2, 0.25) is 22.1 Å². The van der Waals surface area contributed by atoms with Crippen LogP contribution >= 0.6 is 23.2 Å². The van der Waals surface area contributed by atoms with Crippen LogP contribution in [0.4, 0.5) is 0 Å². The summed E-state index contributed by atoms with van der Waals surface area (Å²) in [6, 6.07) is 23.0. The minimum Gasteiger partial charge on any atom is -0.508 e. The van der Waals surface area contributed by atoms with Gasteiger partial charge in [0.25, 0.3) is 0 Å². The van der Waals surface area contributed by atoms with Crippen LogP contribution in [-0.4, -0.2) is 18.7 Å². The molecule has 156 valence electrons. The zero-order valence-electron chi connectivity index (χ0n) is 17.7. The van der Waals surface area contributed by atoms with E-state index in [1.165, 1.54) is 21.9 Å². The van der Waals surface area contributed by atoms with E-state index in [4.69, 9.17) is 23.2 Å². The maximum atomic E-state index is 11.7. The number of allylic oxidation sites excluding steroid dienone is 2. The van der Waals surface area contributed by atoms with Crippen molar-refractivity contribution in [1.82, 2.24) is 0 Å². The van der Waals surface area contributed by atoms with E-state index < -0.39 is 8.41 Å². The number of aliphatic hydroxyl groups excluding tert-OH is 1. The molecule has 2 aliphatic carbocycles. The standard InChI is InChI=1S/C27H24Cl2OSi/c1-3-31(4-2)24-13-16-7-5-6-8-19(16)26(27(24)30)25-20-11-9-17(28)14-22(20)23-15-18(29)10-12-21(23)25/h5-12,14-15,25,30H,3-4,13H2,1-2H3. The van der Waals surface area contributed by atoms with E-state index in [2.05, 4.69) is 50.2 Å². The molecule has 1 N–H and O–H groups in total. The molecule has 5 rings (SSSR count). The van der Waals surface area contributed by atoms with Gasteiger partial charge in [-0.25, -0.2) is 0 Å². The molecule has 0 spiro atoms. The van der Waals surface area contributed by atoms with Crippen molar-refractivity contribution in [3.8, 4) is 11.1 Å². The fraction of sp³-hybridized carbons (Fsp3) is 0.222. The molecule has 0 bridgehead atoms. The summed E-state index contributed by atoms with van der Waals surface area (Å²) in [6.45, 7) is 4.50. The van der Waals surface area contributed by atoms with Crippen molar-refractivity contribution in [2.24, 2.45) is 0 Å². The Balaban J connectivity index is 1.85. The lowest BCUT2D eigenvalue weighted by atomic mass is 9.78. The highest BCUT2D eigenvalue weighted by Gasteiger charge is 2.37. The lowest BCUT2D eigenvalue weighted by Crippen LogP contribution is -2.26. The van der Waals surface area contributed by atoms with E-state index in [1.807, 2.05) is 24.3 Å². The second-order valence-electron chi connectivity index (χ2n) is 8.28. The van der Waals surface area contributed by atoms with E-state index in [0.29, 0.717) is 15.8 Å². The molecule has 0 atom stereocenters. The van der Waals surface area contributed by atoms with Crippen LogP contribution < -0.4 is 0 Å². The van der Waals surface area contributed by atoms with Gasteiger partial charge in [-0.05, 0) is 81.3 Å². The van der Waals surface area contributed by atoms with Gasteiger partial charge in [0.05, 0.1) is 0 Å². The van der Waals surface area contributed by atoms with Gasteiger partial charge in [-0.15, -0.1) is 0 Å². The van der Waals surface area contributed by atoms with Crippen LogP contribution in [0.25, 0.3) is 16.7 Å². The number of aliphatic hydroxyl groups is 1. The zero-order chi connectivity index (χ0) is 21.7. The molecule has 0 amide bonds. The van der Waals surface area contributed by atoms with Gasteiger partial charge in [0.1, 0.15) is 5.76 Å². The first-order chi connectivity index (χ1) is 15.0. The van der Waals surface area contributed by atoms with Crippen LogP contribution in [0.15, 0.2) is 66.4 Å². The van der Waals surface area contributed by atoms with Gasteiger partial charge in [0.2, 0.25) is 0 Å². The average molecular weight is 463 g/mol. The molecule has 0 radical (unpaired) electrons. The molecule has 2 aliphatic rings. The Morgan fingerprint density at radius 2 is 1.42 bits per heavy atom. The van der Waals surface area contributed by atoms with E-state index in [0.717, 1.165) is 40.8 Å². The monoisotopic (exact) mass is 462 g/mol.